The van der Waals surface area contributed by atoms with E-state index in [-0.39, 0.29) is 0 Å². The molecule has 0 aromatic rings. The lowest BCUT2D eigenvalue weighted by atomic mass is 10.1. The van der Waals surface area contributed by atoms with Gasteiger partial charge >= 0.3 is 0 Å². The molecule has 0 saturated heterocycles. The van der Waals surface area contributed by atoms with Crippen molar-refractivity contribution in [3.8, 4) is 6.07 Å². The number of unbranched alkanes of at least 4 members (excludes halogenated alkanes) is 9. The third-order valence-electron chi connectivity index (χ3n) is 2.80. The predicted molar refractivity (Wildman–Crippen MR) is 71.2 cm³/mol. The summed E-state index contributed by atoms with van der Waals surface area (Å²) in [4.78, 5) is 0. The Bertz CT molecular complexity index is 188. The molecule has 0 unspecified atom stereocenters. The molecule has 0 heterocycles. The maximum Gasteiger partial charge on any atom is 0.0621 e. The number of nitriles is 1. The van der Waals surface area contributed by atoms with Crippen molar-refractivity contribution in [2.45, 2.75) is 77.6 Å². The monoisotopic (exact) mass is 221 g/mol. The molecule has 0 spiro atoms. The molecule has 0 aliphatic heterocycles. The molecule has 0 fully saturated rings. The third-order valence-corrected chi connectivity index (χ3v) is 2.80. The van der Waals surface area contributed by atoms with E-state index in [9.17, 15) is 0 Å². The first-order valence-electron chi connectivity index (χ1n) is 6.93. The van der Waals surface area contributed by atoms with Crippen LogP contribution >= 0.6 is 0 Å². The highest BCUT2D eigenvalue weighted by molar-refractivity contribution is 4.81. The van der Waals surface area contributed by atoms with Crippen LogP contribution in [0, 0.1) is 11.3 Å². The van der Waals surface area contributed by atoms with Crippen LogP contribution in [0.25, 0.3) is 0 Å². The lowest BCUT2D eigenvalue weighted by Gasteiger charge is -1.97. The van der Waals surface area contributed by atoms with Crippen molar-refractivity contribution < 1.29 is 0 Å². The normalized spacial score (nSPS) is 10.8. The molecule has 0 amide bonds. The lowest BCUT2D eigenvalue weighted by Crippen LogP contribution is -1.78. The molecule has 0 rings (SSSR count). The number of hydrogen-bond acceptors (Lipinski definition) is 1. The van der Waals surface area contributed by atoms with Crippen molar-refractivity contribution >= 4 is 0 Å². The first-order chi connectivity index (χ1) is 7.91. The maximum absolute atomic E-state index is 8.36. The van der Waals surface area contributed by atoms with E-state index in [1.165, 1.54) is 51.4 Å². The van der Waals surface area contributed by atoms with Crippen LogP contribution in [0.15, 0.2) is 12.2 Å². The van der Waals surface area contributed by atoms with E-state index in [0.717, 1.165) is 12.8 Å². The second-order valence-electron chi connectivity index (χ2n) is 4.43. The summed E-state index contributed by atoms with van der Waals surface area (Å²) in [5, 5.41) is 8.36. The summed E-state index contributed by atoms with van der Waals surface area (Å²) in [6.45, 7) is 2.26. The Kier molecular flexibility index (Phi) is 13.5. The Hall–Kier alpha value is -0.770. The van der Waals surface area contributed by atoms with Crippen LogP contribution < -0.4 is 0 Å². The smallest absolute Gasteiger partial charge is 0.0621 e. The quantitative estimate of drug-likeness (QED) is 0.339. The van der Waals surface area contributed by atoms with E-state index in [2.05, 4.69) is 25.1 Å². The fourth-order valence-electron chi connectivity index (χ4n) is 1.74. The molecule has 0 aromatic heterocycles. The van der Waals surface area contributed by atoms with Gasteiger partial charge in [0.2, 0.25) is 0 Å². The maximum atomic E-state index is 8.36. The highest BCUT2D eigenvalue weighted by atomic mass is 14.2. The van der Waals surface area contributed by atoms with Crippen molar-refractivity contribution in [2.75, 3.05) is 0 Å². The standard InChI is InChI=1S/C15H27N/c1-2-3-4-5-6-7-8-9-10-11-12-13-14-15-16/h9-10H,2-8,11-14H2,1H3/b10-9+. The van der Waals surface area contributed by atoms with E-state index >= 15 is 0 Å². The van der Waals surface area contributed by atoms with Gasteiger partial charge in [-0.25, -0.2) is 0 Å². The van der Waals surface area contributed by atoms with Gasteiger partial charge in [-0.05, 0) is 32.1 Å². The summed E-state index contributed by atoms with van der Waals surface area (Å²) in [6.07, 6.45) is 18.2. The molecule has 1 heteroatoms. The van der Waals surface area contributed by atoms with Crippen molar-refractivity contribution in [2.24, 2.45) is 0 Å². The first-order valence-corrected chi connectivity index (χ1v) is 6.93. The van der Waals surface area contributed by atoms with Crippen LogP contribution in [-0.2, 0) is 0 Å². The molecular weight excluding hydrogens is 194 g/mol. The average molecular weight is 221 g/mol. The van der Waals surface area contributed by atoms with Gasteiger partial charge in [-0.2, -0.15) is 5.26 Å². The fraction of sp³-hybridized carbons (Fsp3) is 0.800. The molecule has 0 aliphatic rings. The van der Waals surface area contributed by atoms with E-state index in [0.29, 0.717) is 6.42 Å². The second-order valence-corrected chi connectivity index (χ2v) is 4.43. The Morgan fingerprint density at radius 2 is 1.38 bits per heavy atom. The van der Waals surface area contributed by atoms with Gasteiger partial charge in [-0.15, -0.1) is 0 Å². The molecule has 92 valence electrons. The van der Waals surface area contributed by atoms with Crippen LogP contribution in [0.2, 0.25) is 0 Å². The van der Waals surface area contributed by atoms with Gasteiger partial charge in [0, 0.05) is 6.42 Å². The summed E-state index contributed by atoms with van der Waals surface area (Å²) < 4.78 is 0. The van der Waals surface area contributed by atoms with E-state index in [1.54, 1.807) is 0 Å². The Labute approximate surface area is 102 Å². The fourth-order valence-corrected chi connectivity index (χ4v) is 1.74. The summed E-state index contributed by atoms with van der Waals surface area (Å²) in [5.41, 5.74) is 0. The van der Waals surface area contributed by atoms with Crippen molar-refractivity contribution in [1.82, 2.24) is 0 Å². The predicted octanol–water partition coefficient (Wildman–Crippen LogP) is 5.38. The first kappa shape index (κ1) is 15.2. The van der Waals surface area contributed by atoms with Crippen LogP contribution in [-0.4, -0.2) is 0 Å². The van der Waals surface area contributed by atoms with Gasteiger partial charge in [0.05, 0.1) is 6.07 Å². The topological polar surface area (TPSA) is 23.8 Å². The van der Waals surface area contributed by atoms with Gasteiger partial charge < -0.3 is 0 Å². The van der Waals surface area contributed by atoms with E-state index in [1.807, 2.05) is 0 Å². The van der Waals surface area contributed by atoms with Crippen LogP contribution in [0.1, 0.15) is 77.6 Å². The molecule has 0 atom stereocenters. The zero-order chi connectivity index (χ0) is 11.9. The molecule has 0 N–H and O–H groups in total. The van der Waals surface area contributed by atoms with E-state index < -0.39 is 0 Å². The van der Waals surface area contributed by atoms with Crippen LogP contribution in [0.5, 0.6) is 0 Å². The van der Waals surface area contributed by atoms with E-state index in [4.69, 9.17) is 5.26 Å². The van der Waals surface area contributed by atoms with Crippen molar-refractivity contribution in [3.63, 3.8) is 0 Å². The Morgan fingerprint density at radius 1 is 0.812 bits per heavy atom. The number of allylic oxidation sites excluding steroid dienone is 2. The molecule has 1 nitrogen and oxygen atoms in total. The summed E-state index contributed by atoms with van der Waals surface area (Å²) >= 11 is 0. The summed E-state index contributed by atoms with van der Waals surface area (Å²) in [5.74, 6) is 0. The van der Waals surface area contributed by atoms with Gasteiger partial charge in [-0.1, -0.05) is 51.2 Å². The average Bonchev–Trinajstić information content (AvgIpc) is 2.31. The molecule has 0 aliphatic carbocycles. The summed E-state index contributed by atoms with van der Waals surface area (Å²) in [7, 11) is 0. The molecule has 0 radical (unpaired) electrons. The number of rotatable bonds is 11. The van der Waals surface area contributed by atoms with Gasteiger partial charge in [0.1, 0.15) is 0 Å². The van der Waals surface area contributed by atoms with Gasteiger partial charge in [-0.3, -0.25) is 0 Å². The lowest BCUT2D eigenvalue weighted by molar-refractivity contribution is 0.611. The molecule has 0 aromatic carbocycles. The second kappa shape index (κ2) is 14.2. The highest BCUT2D eigenvalue weighted by Crippen LogP contribution is 2.07. The highest BCUT2D eigenvalue weighted by Gasteiger charge is 1.88. The van der Waals surface area contributed by atoms with Crippen LogP contribution in [0.3, 0.4) is 0 Å². The van der Waals surface area contributed by atoms with Gasteiger partial charge in [0.25, 0.3) is 0 Å². The molecule has 0 saturated carbocycles. The Morgan fingerprint density at radius 3 is 2.00 bits per heavy atom. The third kappa shape index (κ3) is 13.2. The minimum atomic E-state index is 0.714. The Balaban J connectivity index is 3.01. The molecular formula is C15H27N. The zero-order valence-corrected chi connectivity index (χ0v) is 10.9. The van der Waals surface area contributed by atoms with Gasteiger partial charge in [0.15, 0.2) is 0 Å². The van der Waals surface area contributed by atoms with Crippen molar-refractivity contribution in [3.05, 3.63) is 12.2 Å². The minimum Gasteiger partial charge on any atom is -0.198 e. The van der Waals surface area contributed by atoms with Crippen LogP contribution in [0.4, 0.5) is 0 Å². The largest absolute Gasteiger partial charge is 0.198 e. The zero-order valence-electron chi connectivity index (χ0n) is 10.9. The SMILES string of the molecule is CCCCCCCC/C=C/CCCCC#N. The number of hydrogen-bond donors (Lipinski definition) is 0. The summed E-state index contributed by atoms with van der Waals surface area (Å²) in [6, 6.07) is 2.18. The molecule has 0 bridgehead atoms. The van der Waals surface area contributed by atoms with Crippen molar-refractivity contribution in [1.29, 1.82) is 5.26 Å². The molecule has 16 heavy (non-hydrogen) atoms. The number of nitrogens with zero attached hydrogens (tertiary/aromatic N) is 1. The minimum absolute atomic E-state index is 0.714.